The molecule has 2 aromatic heterocycles. The summed E-state index contributed by atoms with van der Waals surface area (Å²) >= 11 is 0. The highest BCUT2D eigenvalue weighted by Crippen LogP contribution is 2.27. The number of hydrogen-bond donors (Lipinski definition) is 1. The fourth-order valence-corrected chi connectivity index (χ4v) is 4.40. The second-order valence-corrected chi connectivity index (χ2v) is 10.6. The summed E-state index contributed by atoms with van der Waals surface area (Å²) in [5.41, 5.74) is 6.23. The fourth-order valence-electron chi connectivity index (χ4n) is 4.40. The minimum absolute atomic E-state index is 0.209. The van der Waals surface area contributed by atoms with E-state index in [1.165, 1.54) is 12.8 Å². The summed E-state index contributed by atoms with van der Waals surface area (Å²) in [5, 5.41) is 34.9. The molecule has 45 heavy (non-hydrogen) atoms. The molecule has 0 atom stereocenters. The van der Waals surface area contributed by atoms with E-state index in [-0.39, 0.29) is 5.75 Å². The van der Waals surface area contributed by atoms with Gasteiger partial charge in [-0.1, -0.05) is 23.7 Å². The lowest BCUT2D eigenvalue weighted by molar-refractivity contribution is 0.179. The van der Waals surface area contributed by atoms with Crippen LogP contribution in [0.25, 0.3) is 0 Å². The Morgan fingerprint density at radius 1 is 0.733 bits per heavy atom. The van der Waals surface area contributed by atoms with Crippen molar-refractivity contribution in [2.75, 3.05) is 20.8 Å². The minimum Gasteiger partial charge on any atom is -0.507 e. The van der Waals surface area contributed by atoms with Gasteiger partial charge in [0.05, 0.1) is 54.5 Å². The van der Waals surface area contributed by atoms with Crippen molar-refractivity contribution >= 4 is 0 Å². The number of phenols is 1. The molecule has 0 saturated heterocycles. The van der Waals surface area contributed by atoms with Gasteiger partial charge in [-0.25, -0.2) is 0 Å². The van der Waals surface area contributed by atoms with E-state index in [2.05, 4.69) is 23.3 Å². The summed E-state index contributed by atoms with van der Waals surface area (Å²) in [7, 11) is 3.18. The number of aryl methyl sites for hydroxylation is 6. The molecule has 0 aliphatic heterocycles. The fraction of sp³-hybridized carbons (Fsp3) is 0.429. The van der Waals surface area contributed by atoms with Crippen molar-refractivity contribution in [2.24, 2.45) is 0 Å². The van der Waals surface area contributed by atoms with Gasteiger partial charge in [0.25, 0.3) is 0 Å². The predicted octanol–water partition coefficient (Wildman–Crippen LogP) is 7.37. The Labute approximate surface area is 266 Å². The SMILES string of the molecule is CCCCc1cc(C)no1.COCc1cc(C#N)cc(C)c1O.COCc1cc(C#N)cc(C)c1OCCCc1cc(C)no1. The van der Waals surface area contributed by atoms with Crippen molar-refractivity contribution < 1.29 is 28.4 Å². The van der Waals surface area contributed by atoms with Gasteiger partial charge in [-0.3, -0.25) is 0 Å². The monoisotopic (exact) mass is 616 g/mol. The zero-order valence-electron chi connectivity index (χ0n) is 27.4. The van der Waals surface area contributed by atoms with Gasteiger partial charge in [0, 0.05) is 50.3 Å². The van der Waals surface area contributed by atoms with Gasteiger partial charge in [0.2, 0.25) is 0 Å². The first-order valence-corrected chi connectivity index (χ1v) is 14.9. The van der Waals surface area contributed by atoms with Crippen molar-refractivity contribution in [3.63, 3.8) is 0 Å². The van der Waals surface area contributed by atoms with Gasteiger partial charge in [0.1, 0.15) is 23.0 Å². The van der Waals surface area contributed by atoms with Crippen molar-refractivity contribution in [3.8, 4) is 23.6 Å². The van der Waals surface area contributed by atoms with Crippen LogP contribution in [0.1, 0.15) is 82.5 Å². The highest BCUT2D eigenvalue weighted by atomic mass is 16.5. The van der Waals surface area contributed by atoms with Crippen molar-refractivity contribution in [2.45, 2.75) is 79.9 Å². The predicted molar refractivity (Wildman–Crippen MR) is 170 cm³/mol. The molecule has 0 aliphatic carbocycles. The average Bonchev–Trinajstić information content (AvgIpc) is 3.65. The minimum atomic E-state index is 0.209. The Kier molecular flexibility index (Phi) is 15.9. The lowest BCUT2D eigenvalue weighted by atomic mass is 10.1. The Balaban J connectivity index is 0.000000259. The van der Waals surface area contributed by atoms with Crippen LogP contribution in [0.2, 0.25) is 0 Å². The summed E-state index contributed by atoms with van der Waals surface area (Å²) < 4.78 is 26.2. The molecule has 4 rings (SSSR count). The van der Waals surface area contributed by atoms with Crippen LogP contribution >= 0.6 is 0 Å². The van der Waals surface area contributed by atoms with E-state index in [1.807, 2.05) is 51.1 Å². The summed E-state index contributed by atoms with van der Waals surface area (Å²) in [6.07, 6.45) is 5.04. The van der Waals surface area contributed by atoms with Crippen LogP contribution in [-0.2, 0) is 35.5 Å². The molecular formula is C35H44N4O6. The number of unbranched alkanes of at least 4 members (excludes halogenated alkanes) is 1. The molecule has 0 saturated carbocycles. The Morgan fingerprint density at radius 3 is 1.73 bits per heavy atom. The lowest BCUT2D eigenvalue weighted by Gasteiger charge is -2.14. The quantitative estimate of drug-likeness (QED) is 0.160. The Morgan fingerprint density at radius 2 is 1.24 bits per heavy atom. The Bertz CT molecular complexity index is 1560. The third-order valence-electron chi connectivity index (χ3n) is 6.53. The molecule has 0 bridgehead atoms. The third kappa shape index (κ3) is 12.5. The van der Waals surface area contributed by atoms with Gasteiger partial charge in [-0.2, -0.15) is 10.5 Å². The molecule has 1 N–H and O–H groups in total. The number of nitrogens with zero attached hydrogens (tertiary/aromatic N) is 4. The van der Waals surface area contributed by atoms with E-state index in [0.717, 1.165) is 59.0 Å². The van der Waals surface area contributed by atoms with E-state index >= 15 is 0 Å². The average molecular weight is 617 g/mol. The smallest absolute Gasteiger partial charge is 0.137 e. The first-order chi connectivity index (χ1) is 21.6. The molecule has 240 valence electrons. The molecule has 10 heteroatoms. The molecule has 0 aliphatic rings. The van der Waals surface area contributed by atoms with Crippen LogP contribution in [0.5, 0.6) is 11.5 Å². The zero-order chi connectivity index (χ0) is 33.2. The van der Waals surface area contributed by atoms with Crippen LogP contribution in [0.4, 0.5) is 0 Å². The normalized spacial score (nSPS) is 10.2. The molecule has 0 radical (unpaired) electrons. The van der Waals surface area contributed by atoms with E-state index in [4.69, 9.17) is 33.8 Å². The molecule has 0 spiro atoms. The number of methoxy groups -OCH3 is 2. The molecule has 0 amide bonds. The maximum Gasteiger partial charge on any atom is 0.137 e. The zero-order valence-corrected chi connectivity index (χ0v) is 27.4. The van der Waals surface area contributed by atoms with Crippen LogP contribution in [-0.4, -0.2) is 36.2 Å². The van der Waals surface area contributed by atoms with Crippen molar-refractivity contribution in [1.82, 2.24) is 10.3 Å². The van der Waals surface area contributed by atoms with Crippen molar-refractivity contribution in [3.05, 3.63) is 92.7 Å². The maximum atomic E-state index is 9.56. The molecule has 4 aromatic rings. The van der Waals surface area contributed by atoms with Gasteiger partial charge in [-0.05, 0) is 75.9 Å². The van der Waals surface area contributed by atoms with Crippen LogP contribution < -0.4 is 4.74 Å². The standard InChI is InChI=1S/C17H20N2O3.C10H11NO2.C8H13NO/c1-12-7-14(10-18)9-15(11-20-3)17(12)21-6-4-5-16-8-13(2)19-22-16;1-7-3-8(5-11)4-9(6-13-2)10(7)12;1-3-4-5-8-6-7(2)9-10-8/h7-9H,4-6,11H2,1-3H3;3-4,12H,6H2,1-2H3;6H,3-5H2,1-2H3. The van der Waals surface area contributed by atoms with E-state index in [0.29, 0.717) is 42.1 Å². The second-order valence-electron chi connectivity index (χ2n) is 10.6. The molecular weight excluding hydrogens is 572 g/mol. The number of nitriles is 2. The van der Waals surface area contributed by atoms with Crippen LogP contribution in [0.3, 0.4) is 0 Å². The molecule has 2 aromatic carbocycles. The van der Waals surface area contributed by atoms with E-state index < -0.39 is 0 Å². The van der Waals surface area contributed by atoms with Gasteiger partial charge < -0.3 is 28.4 Å². The largest absolute Gasteiger partial charge is 0.507 e. The first kappa shape index (κ1) is 36.6. The van der Waals surface area contributed by atoms with E-state index in [1.54, 1.807) is 33.3 Å². The highest BCUT2D eigenvalue weighted by Gasteiger charge is 2.11. The number of hydrogen-bond acceptors (Lipinski definition) is 10. The van der Waals surface area contributed by atoms with Gasteiger partial charge in [0.15, 0.2) is 0 Å². The molecule has 0 unspecified atom stereocenters. The van der Waals surface area contributed by atoms with Gasteiger partial charge >= 0.3 is 0 Å². The van der Waals surface area contributed by atoms with Gasteiger partial charge in [-0.15, -0.1) is 0 Å². The summed E-state index contributed by atoms with van der Waals surface area (Å²) in [5.74, 6) is 2.89. The molecule has 10 nitrogen and oxygen atoms in total. The summed E-state index contributed by atoms with van der Waals surface area (Å²) in [4.78, 5) is 0. The number of aromatic nitrogens is 2. The first-order valence-electron chi connectivity index (χ1n) is 14.9. The lowest BCUT2D eigenvalue weighted by Crippen LogP contribution is -2.04. The summed E-state index contributed by atoms with van der Waals surface area (Å²) in [6.45, 7) is 11.0. The van der Waals surface area contributed by atoms with E-state index in [9.17, 15) is 5.11 Å². The Hall–Kier alpha value is -4.64. The number of rotatable bonds is 12. The number of phenolic OH excluding ortho intramolecular Hbond substituents is 1. The molecule has 2 heterocycles. The van der Waals surface area contributed by atoms with Crippen LogP contribution in [0, 0.1) is 50.4 Å². The van der Waals surface area contributed by atoms with Crippen LogP contribution in [0.15, 0.2) is 45.4 Å². The molecule has 0 fully saturated rings. The highest BCUT2D eigenvalue weighted by molar-refractivity contribution is 5.48. The number of aromatic hydroxyl groups is 1. The van der Waals surface area contributed by atoms with Crippen molar-refractivity contribution in [1.29, 1.82) is 10.5 Å². The summed E-state index contributed by atoms with van der Waals surface area (Å²) in [6, 6.07) is 15.0. The third-order valence-corrected chi connectivity index (χ3v) is 6.53. The topological polar surface area (TPSA) is 148 Å². The number of ether oxygens (including phenoxy) is 3. The number of benzene rings is 2. The second kappa shape index (κ2) is 19.6. The maximum absolute atomic E-state index is 9.56.